The Kier molecular flexibility index (Phi) is 7.16. The largest absolute Gasteiger partial charge is 0.381 e. The fourth-order valence-electron chi connectivity index (χ4n) is 7.67. The zero-order valence-electron chi connectivity index (χ0n) is 25.4. The normalized spacial score (nSPS) is 23.0. The number of anilines is 1. The number of allylic oxidation sites excluding steroid dienone is 9. The molecule has 0 radical (unpaired) electrons. The van der Waals surface area contributed by atoms with Gasteiger partial charge in [0.15, 0.2) is 0 Å². The Morgan fingerprint density at radius 3 is 2.45 bits per heavy atom. The van der Waals surface area contributed by atoms with E-state index >= 15 is 0 Å². The maximum absolute atomic E-state index is 6.29. The molecule has 0 bridgehead atoms. The summed E-state index contributed by atoms with van der Waals surface area (Å²) >= 11 is 0. The molecule has 3 N–H and O–H groups in total. The molecule has 3 aliphatic carbocycles. The van der Waals surface area contributed by atoms with Crippen molar-refractivity contribution in [1.82, 2.24) is 0 Å². The molecule has 4 aromatic carbocycles. The molecule has 0 aromatic heterocycles. The molecule has 2 atom stereocenters. The van der Waals surface area contributed by atoms with Gasteiger partial charge in [0, 0.05) is 24.2 Å². The van der Waals surface area contributed by atoms with Gasteiger partial charge in [-0.3, -0.25) is 0 Å². The number of nitrogens with two attached hydrogens (primary N) is 1. The Morgan fingerprint density at radius 1 is 0.727 bits per heavy atom. The highest BCUT2D eigenvalue weighted by Crippen LogP contribution is 2.39. The van der Waals surface area contributed by atoms with E-state index in [9.17, 15) is 0 Å². The van der Waals surface area contributed by atoms with E-state index in [1.807, 2.05) is 0 Å². The molecule has 2 unspecified atom stereocenters. The Morgan fingerprint density at radius 2 is 1.57 bits per heavy atom. The Labute approximate surface area is 261 Å². The van der Waals surface area contributed by atoms with Crippen LogP contribution in [0.1, 0.15) is 65.0 Å². The van der Waals surface area contributed by atoms with Crippen LogP contribution in [0.5, 0.6) is 0 Å². The van der Waals surface area contributed by atoms with Gasteiger partial charge >= 0.3 is 0 Å². The highest BCUT2D eigenvalue weighted by atomic mass is 14.9. The third-order valence-corrected chi connectivity index (χ3v) is 10.1. The van der Waals surface area contributed by atoms with Gasteiger partial charge in [-0.25, -0.2) is 0 Å². The Bertz CT molecular complexity index is 1960. The van der Waals surface area contributed by atoms with Crippen molar-refractivity contribution < 1.29 is 0 Å². The van der Waals surface area contributed by atoms with Crippen molar-refractivity contribution in [3.63, 3.8) is 0 Å². The van der Waals surface area contributed by atoms with E-state index in [1.54, 1.807) is 0 Å². The second-order valence-electron chi connectivity index (χ2n) is 12.8. The van der Waals surface area contributed by atoms with Gasteiger partial charge in [0.05, 0.1) is 0 Å². The van der Waals surface area contributed by atoms with E-state index in [0.717, 1.165) is 51.5 Å². The second kappa shape index (κ2) is 11.6. The molecule has 1 aliphatic heterocycles. The van der Waals surface area contributed by atoms with Gasteiger partial charge in [-0.05, 0) is 117 Å². The van der Waals surface area contributed by atoms with Crippen LogP contribution in [0.4, 0.5) is 5.69 Å². The third-order valence-electron chi connectivity index (χ3n) is 10.1. The lowest BCUT2D eigenvalue weighted by atomic mass is 9.84. The third kappa shape index (κ3) is 5.08. The van der Waals surface area contributed by atoms with Crippen LogP contribution in [0, 0.1) is 0 Å². The van der Waals surface area contributed by atoms with Crippen molar-refractivity contribution in [2.24, 2.45) is 5.73 Å². The predicted octanol–water partition coefficient (Wildman–Crippen LogP) is 9.75. The number of fused-ring (bicyclic) bond motifs is 9. The molecule has 1 heterocycles. The van der Waals surface area contributed by atoms with E-state index in [1.165, 1.54) is 71.8 Å². The van der Waals surface area contributed by atoms with Crippen molar-refractivity contribution in [3.05, 3.63) is 148 Å². The first-order valence-electron chi connectivity index (χ1n) is 16.4. The molecule has 44 heavy (non-hydrogen) atoms. The summed E-state index contributed by atoms with van der Waals surface area (Å²) in [4.78, 5) is 0. The minimum absolute atomic E-state index is 0.313. The van der Waals surface area contributed by atoms with Crippen LogP contribution >= 0.6 is 0 Å². The van der Waals surface area contributed by atoms with Gasteiger partial charge in [-0.2, -0.15) is 0 Å². The van der Waals surface area contributed by atoms with Crippen LogP contribution in [-0.2, 0) is 19.3 Å². The highest BCUT2D eigenvalue weighted by Gasteiger charge is 2.19. The second-order valence-corrected chi connectivity index (χ2v) is 12.8. The van der Waals surface area contributed by atoms with E-state index in [2.05, 4.69) is 121 Å². The summed E-state index contributed by atoms with van der Waals surface area (Å²) in [5.41, 5.74) is 18.6. The molecular weight excluding hydrogens is 532 g/mol. The average molecular weight is 573 g/mol. The van der Waals surface area contributed by atoms with Crippen LogP contribution in [0.25, 0.3) is 33.7 Å². The van der Waals surface area contributed by atoms with Gasteiger partial charge in [-0.15, -0.1) is 0 Å². The summed E-state index contributed by atoms with van der Waals surface area (Å²) in [6.07, 6.45) is 30.7. The molecule has 2 nitrogen and oxygen atoms in total. The van der Waals surface area contributed by atoms with Crippen molar-refractivity contribution in [2.45, 2.75) is 56.9 Å². The van der Waals surface area contributed by atoms with Crippen LogP contribution in [0.15, 0.2) is 114 Å². The van der Waals surface area contributed by atoms with Crippen molar-refractivity contribution in [2.75, 3.05) is 11.9 Å². The van der Waals surface area contributed by atoms with Crippen molar-refractivity contribution >= 4 is 39.4 Å². The fraction of sp³-hybridized carbons (Fsp3) is 0.238. The van der Waals surface area contributed by atoms with Gasteiger partial charge in [0.1, 0.15) is 0 Å². The first-order chi connectivity index (χ1) is 21.7. The standard InChI is InChI=1S/C42H40N2/c43-34-21-19-31-17-18-32-16-13-29(25-26-44-42(32)35(31)24-22-34)10-9-28-11-14-30(15-12-28)33-20-23-40-38-7-2-1-5-36(38)37-6-3-4-8-39(37)41(40)27-33/h1-2,4-5,7-14,16-18,20,23,25,27,30,34,44H,3,6,15,19,21-22,24,26,43H2/b10-9+,16-13-,29-25+. The molecule has 0 saturated carbocycles. The quantitative estimate of drug-likeness (QED) is 0.189. The average Bonchev–Trinajstić information content (AvgIpc) is 3.26. The SMILES string of the molecule is NC1CCc2ccc3c(c2CC1)NC/C=C(\C=C\C1=CCC(c2ccc4c(c2)c2c(c5ccccc54)CCC=C2)C=C1)/C=C\3. The van der Waals surface area contributed by atoms with E-state index in [-0.39, 0.29) is 0 Å². The number of nitrogens with one attached hydrogen (secondary N) is 1. The molecule has 0 spiro atoms. The zero-order valence-corrected chi connectivity index (χ0v) is 25.4. The molecule has 4 aromatic rings. The number of hydrogen-bond donors (Lipinski definition) is 2. The lowest BCUT2D eigenvalue weighted by molar-refractivity contribution is 0.589. The molecule has 218 valence electrons. The number of hydrogen-bond acceptors (Lipinski definition) is 2. The maximum atomic E-state index is 6.29. The first kappa shape index (κ1) is 27.2. The number of aryl methyl sites for hydroxylation is 2. The summed E-state index contributed by atoms with van der Waals surface area (Å²) in [5, 5.41) is 9.29. The summed E-state index contributed by atoms with van der Waals surface area (Å²) in [6, 6.07) is 21.0. The molecule has 0 amide bonds. The van der Waals surface area contributed by atoms with Gasteiger partial charge < -0.3 is 11.1 Å². The Hall–Kier alpha value is -4.40. The molecular formula is C42H40N2. The Balaban J connectivity index is 0.999. The van der Waals surface area contributed by atoms with E-state index in [0.29, 0.717) is 12.0 Å². The molecule has 8 rings (SSSR count). The molecule has 4 aliphatic rings. The van der Waals surface area contributed by atoms with Crippen LogP contribution in [0.2, 0.25) is 0 Å². The minimum atomic E-state index is 0.313. The summed E-state index contributed by atoms with van der Waals surface area (Å²) in [5.74, 6) is 0.400. The van der Waals surface area contributed by atoms with Crippen LogP contribution in [0.3, 0.4) is 0 Å². The lowest BCUT2D eigenvalue weighted by Gasteiger charge is -2.21. The summed E-state index contributed by atoms with van der Waals surface area (Å²) < 4.78 is 0. The highest BCUT2D eigenvalue weighted by molar-refractivity contribution is 6.13. The summed E-state index contributed by atoms with van der Waals surface area (Å²) in [6.45, 7) is 0.826. The molecule has 0 saturated heterocycles. The van der Waals surface area contributed by atoms with Gasteiger partial charge in [-0.1, -0.05) is 109 Å². The van der Waals surface area contributed by atoms with Crippen molar-refractivity contribution in [1.29, 1.82) is 0 Å². The molecule has 0 fully saturated rings. The van der Waals surface area contributed by atoms with Gasteiger partial charge in [0.25, 0.3) is 0 Å². The summed E-state index contributed by atoms with van der Waals surface area (Å²) in [7, 11) is 0. The van der Waals surface area contributed by atoms with Crippen LogP contribution < -0.4 is 11.1 Å². The van der Waals surface area contributed by atoms with E-state index in [4.69, 9.17) is 5.73 Å². The lowest BCUT2D eigenvalue weighted by Crippen LogP contribution is -2.19. The first-order valence-corrected chi connectivity index (χ1v) is 16.4. The smallest absolute Gasteiger partial charge is 0.0451 e. The maximum Gasteiger partial charge on any atom is 0.0451 e. The monoisotopic (exact) mass is 572 g/mol. The predicted molar refractivity (Wildman–Crippen MR) is 189 cm³/mol. The van der Waals surface area contributed by atoms with Gasteiger partial charge in [0.2, 0.25) is 0 Å². The zero-order chi connectivity index (χ0) is 29.5. The number of benzene rings is 4. The fourth-order valence-corrected chi connectivity index (χ4v) is 7.67. The number of rotatable bonds is 3. The molecule has 2 heteroatoms. The van der Waals surface area contributed by atoms with E-state index < -0.39 is 0 Å². The minimum Gasteiger partial charge on any atom is -0.381 e. The van der Waals surface area contributed by atoms with Crippen molar-refractivity contribution in [3.8, 4) is 0 Å². The topological polar surface area (TPSA) is 38.0 Å². The van der Waals surface area contributed by atoms with Crippen LogP contribution in [-0.4, -0.2) is 12.6 Å².